The Morgan fingerprint density at radius 3 is 2.19 bits per heavy atom. The summed E-state index contributed by atoms with van der Waals surface area (Å²) in [5.74, 6) is 0.996. The van der Waals surface area contributed by atoms with Crippen molar-refractivity contribution in [2.24, 2.45) is 0 Å². The van der Waals surface area contributed by atoms with Crippen molar-refractivity contribution in [1.29, 1.82) is 0 Å². The van der Waals surface area contributed by atoms with Crippen LogP contribution in [-0.4, -0.2) is 15.7 Å². The van der Waals surface area contributed by atoms with E-state index >= 15 is 0 Å². The molecule has 0 bridgehead atoms. The van der Waals surface area contributed by atoms with E-state index in [0.717, 1.165) is 12.2 Å². The number of thiol groups is 1. The van der Waals surface area contributed by atoms with Gasteiger partial charge >= 0.3 is 0 Å². The smallest absolute Gasteiger partial charge is 0.0409 e. The molecule has 0 aliphatic rings. The number of rotatable bonds is 7. The van der Waals surface area contributed by atoms with Crippen LogP contribution in [0.1, 0.15) is 31.4 Å². The number of aryl methyl sites for hydroxylation is 1. The van der Waals surface area contributed by atoms with Crippen LogP contribution in [0.25, 0.3) is 11.1 Å². The van der Waals surface area contributed by atoms with E-state index in [0.29, 0.717) is 0 Å². The standard InChI is InChI=1S/C16H20N2S.2BrH/c19-12-4-2-1-3-5-16-13-15(8-11-18-16)14-6-9-17-10-7-14;;/h6-11,13,19H,1-5,12H2;2*1H. The van der Waals surface area contributed by atoms with E-state index < -0.39 is 0 Å². The molecule has 0 saturated carbocycles. The highest BCUT2D eigenvalue weighted by Gasteiger charge is 2.00. The number of unbranched alkanes of at least 4 members (excludes halogenated alkanes) is 3. The van der Waals surface area contributed by atoms with Crippen molar-refractivity contribution in [3.05, 3.63) is 48.5 Å². The molecule has 5 heteroatoms. The van der Waals surface area contributed by atoms with Crippen LogP contribution < -0.4 is 0 Å². The molecule has 21 heavy (non-hydrogen) atoms. The van der Waals surface area contributed by atoms with Gasteiger partial charge in [-0.3, -0.25) is 9.97 Å². The van der Waals surface area contributed by atoms with Crippen molar-refractivity contribution in [1.82, 2.24) is 9.97 Å². The Morgan fingerprint density at radius 1 is 0.810 bits per heavy atom. The Morgan fingerprint density at radius 2 is 1.48 bits per heavy atom. The molecule has 2 nitrogen and oxygen atoms in total. The Balaban J connectivity index is 0.00000200. The van der Waals surface area contributed by atoms with Gasteiger partial charge in [0.2, 0.25) is 0 Å². The van der Waals surface area contributed by atoms with Crippen LogP contribution in [0.3, 0.4) is 0 Å². The summed E-state index contributed by atoms with van der Waals surface area (Å²) in [6.45, 7) is 0. The molecular formula is C16H22Br2N2S. The second kappa shape index (κ2) is 12.2. The van der Waals surface area contributed by atoms with E-state index in [2.05, 4.69) is 34.7 Å². The molecule has 2 aromatic rings. The highest BCUT2D eigenvalue weighted by Crippen LogP contribution is 2.19. The first-order valence-electron chi connectivity index (χ1n) is 6.86. The Hall–Kier alpha value is -0.390. The van der Waals surface area contributed by atoms with Crippen LogP contribution in [0.5, 0.6) is 0 Å². The zero-order valence-corrected chi connectivity index (χ0v) is 16.3. The van der Waals surface area contributed by atoms with E-state index in [4.69, 9.17) is 0 Å². The molecule has 0 aromatic carbocycles. The van der Waals surface area contributed by atoms with Gasteiger partial charge in [0, 0.05) is 24.3 Å². The van der Waals surface area contributed by atoms with Gasteiger partial charge in [-0.25, -0.2) is 0 Å². The molecule has 0 atom stereocenters. The van der Waals surface area contributed by atoms with Gasteiger partial charge in [0.1, 0.15) is 0 Å². The molecule has 2 aromatic heterocycles. The summed E-state index contributed by atoms with van der Waals surface area (Å²) in [6.07, 6.45) is 11.6. The second-order valence-electron chi connectivity index (χ2n) is 4.66. The fraction of sp³-hybridized carbons (Fsp3) is 0.375. The first-order chi connectivity index (χ1) is 9.40. The lowest BCUT2D eigenvalue weighted by Crippen LogP contribution is -1.91. The van der Waals surface area contributed by atoms with E-state index in [1.165, 1.54) is 42.5 Å². The largest absolute Gasteiger partial charge is 0.265 e. The molecule has 0 aliphatic heterocycles. The van der Waals surface area contributed by atoms with Crippen molar-refractivity contribution in [3.63, 3.8) is 0 Å². The maximum atomic E-state index is 4.45. The third-order valence-electron chi connectivity index (χ3n) is 3.17. The van der Waals surface area contributed by atoms with Crippen LogP contribution in [0, 0.1) is 0 Å². The van der Waals surface area contributed by atoms with Crippen molar-refractivity contribution in [2.75, 3.05) is 5.75 Å². The molecule has 116 valence electrons. The van der Waals surface area contributed by atoms with Gasteiger partial charge in [0.05, 0.1) is 0 Å². The molecule has 0 radical (unpaired) electrons. The first-order valence-corrected chi connectivity index (χ1v) is 7.49. The zero-order valence-electron chi connectivity index (χ0n) is 11.9. The highest BCUT2D eigenvalue weighted by atomic mass is 79.9. The lowest BCUT2D eigenvalue weighted by Gasteiger charge is -2.04. The molecule has 2 heterocycles. The summed E-state index contributed by atoms with van der Waals surface area (Å²) >= 11 is 4.23. The maximum absolute atomic E-state index is 4.45. The molecule has 0 aliphatic carbocycles. The third kappa shape index (κ3) is 7.43. The van der Waals surface area contributed by atoms with Crippen molar-refractivity contribution in [3.8, 4) is 11.1 Å². The summed E-state index contributed by atoms with van der Waals surface area (Å²) in [5.41, 5.74) is 3.61. The molecule has 0 saturated heterocycles. The summed E-state index contributed by atoms with van der Waals surface area (Å²) < 4.78 is 0. The molecule has 0 spiro atoms. The van der Waals surface area contributed by atoms with Gasteiger partial charge in [0.15, 0.2) is 0 Å². The lowest BCUT2D eigenvalue weighted by atomic mass is 10.1. The minimum atomic E-state index is 0. The van der Waals surface area contributed by atoms with Crippen LogP contribution in [0.15, 0.2) is 42.9 Å². The monoisotopic (exact) mass is 432 g/mol. The van der Waals surface area contributed by atoms with Crippen LogP contribution >= 0.6 is 46.6 Å². The number of halogens is 2. The summed E-state index contributed by atoms with van der Waals surface area (Å²) in [7, 11) is 0. The van der Waals surface area contributed by atoms with Gasteiger partial charge in [-0.05, 0) is 60.4 Å². The van der Waals surface area contributed by atoms with Gasteiger partial charge in [-0.15, -0.1) is 34.0 Å². The average Bonchev–Trinajstić information content (AvgIpc) is 2.48. The fourth-order valence-electron chi connectivity index (χ4n) is 2.11. The quantitative estimate of drug-likeness (QED) is 0.471. The minimum Gasteiger partial charge on any atom is -0.265 e. The van der Waals surface area contributed by atoms with Crippen molar-refractivity contribution >= 4 is 46.6 Å². The Labute approximate surface area is 153 Å². The lowest BCUT2D eigenvalue weighted by molar-refractivity contribution is 0.664. The number of hydrogen-bond acceptors (Lipinski definition) is 3. The number of aromatic nitrogens is 2. The maximum Gasteiger partial charge on any atom is 0.0409 e. The summed E-state index contributed by atoms with van der Waals surface area (Å²) in [5, 5.41) is 0. The van der Waals surface area contributed by atoms with Gasteiger partial charge in [-0.2, -0.15) is 12.6 Å². The van der Waals surface area contributed by atoms with Gasteiger partial charge in [-0.1, -0.05) is 12.8 Å². The average molecular weight is 434 g/mol. The van der Waals surface area contributed by atoms with E-state index in [1.807, 2.05) is 30.7 Å². The van der Waals surface area contributed by atoms with Crippen LogP contribution in [0.2, 0.25) is 0 Å². The normalized spacial score (nSPS) is 9.57. The molecule has 0 unspecified atom stereocenters. The van der Waals surface area contributed by atoms with Crippen molar-refractivity contribution in [2.45, 2.75) is 32.1 Å². The Bertz CT molecular complexity index is 495. The van der Waals surface area contributed by atoms with Crippen molar-refractivity contribution < 1.29 is 0 Å². The predicted molar refractivity (Wildman–Crippen MR) is 104 cm³/mol. The highest BCUT2D eigenvalue weighted by molar-refractivity contribution is 8.93. The molecule has 2 rings (SSSR count). The zero-order chi connectivity index (χ0) is 13.3. The molecule has 0 fully saturated rings. The topological polar surface area (TPSA) is 25.8 Å². The summed E-state index contributed by atoms with van der Waals surface area (Å²) in [4.78, 5) is 8.50. The second-order valence-corrected chi connectivity index (χ2v) is 5.11. The van der Waals surface area contributed by atoms with Crippen LogP contribution in [0.4, 0.5) is 0 Å². The number of pyridine rings is 2. The van der Waals surface area contributed by atoms with E-state index in [9.17, 15) is 0 Å². The number of nitrogens with zero attached hydrogens (tertiary/aromatic N) is 2. The minimum absolute atomic E-state index is 0. The molecule has 0 N–H and O–H groups in total. The van der Waals surface area contributed by atoms with Gasteiger partial charge < -0.3 is 0 Å². The molecule has 0 amide bonds. The van der Waals surface area contributed by atoms with Crippen LogP contribution in [-0.2, 0) is 6.42 Å². The van der Waals surface area contributed by atoms with E-state index in [1.54, 1.807) is 0 Å². The SMILES string of the molecule is Br.Br.SCCCCCCc1cc(-c2ccncc2)ccn1. The first kappa shape index (κ1) is 20.6. The fourth-order valence-corrected chi connectivity index (χ4v) is 2.33. The van der Waals surface area contributed by atoms with E-state index in [-0.39, 0.29) is 34.0 Å². The molecular weight excluding hydrogens is 412 g/mol. The predicted octanol–water partition coefficient (Wildman–Crippen LogP) is 5.33. The summed E-state index contributed by atoms with van der Waals surface area (Å²) in [6, 6.07) is 8.31. The Kier molecular flexibility index (Phi) is 12.0. The van der Waals surface area contributed by atoms with Gasteiger partial charge in [0.25, 0.3) is 0 Å². The number of hydrogen-bond donors (Lipinski definition) is 1. The third-order valence-corrected chi connectivity index (χ3v) is 3.49.